The van der Waals surface area contributed by atoms with Crippen LogP contribution in [0.4, 0.5) is 10.5 Å². The van der Waals surface area contributed by atoms with Gasteiger partial charge >= 0.3 is 6.03 Å². The minimum atomic E-state index is -0.976. The van der Waals surface area contributed by atoms with Crippen molar-refractivity contribution in [3.05, 3.63) is 28.8 Å². The van der Waals surface area contributed by atoms with Gasteiger partial charge in [-0.05, 0) is 44.0 Å². The number of carbonyl (C=O) groups is 3. The minimum absolute atomic E-state index is 0.229. The van der Waals surface area contributed by atoms with Crippen LogP contribution in [-0.4, -0.2) is 58.6 Å². The molecule has 1 aromatic carbocycles. The first-order chi connectivity index (χ1) is 12.3. The zero-order chi connectivity index (χ0) is 19.0. The van der Waals surface area contributed by atoms with Gasteiger partial charge in [-0.2, -0.15) is 0 Å². The summed E-state index contributed by atoms with van der Waals surface area (Å²) in [6.45, 7) is 3.51. The molecule has 2 aliphatic rings. The Kier molecular flexibility index (Phi) is 5.06. The van der Waals surface area contributed by atoms with Gasteiger partial charge in [0.1, 0.15) is 12.1 Å². The van der Waals surface area contributed by atoms with Gasteiger partial charge in [0.05, 0.1) is 12.1 Å². The molecule has 0 aromatic heterocycles. The van der Waals surface area contributed by atoms with Crippen molar-refractivity contribution in [1.29, 1.82) is 0 Å². The monoisotopic (exact) mass is 380 g/mol. The molecule has 26 heavy (non-hydrogen) atoms. The third-order valence-electron chi connectivity index (χ3n) is 4.70. The lowest BCUT2D eigenvalue weighted by molar-refractivity contribution is -0.149. The summed E-state index contributed by atoms with van der Waals surface area (Å²) in [4.78, 5) is 38.3. The number of nitrogens with zero attached hydrogens (tertiary/aromatic N) is 1. The molecule has 4 atom stereocenters. The molecule has 4 amide bonds. The average molecular weight is 381 g/mol. The highest BCUT2D eigenvalue weighted by atomic mass is 35.5. The molecule has 4 N–H and O–H groups in total. The summed E-state index contributed by atoms with van der Waals surface area (Å²) in [5.41, 5.74) is 1.46. The number of halogens is 1. The zero-order valence-electron chi connectivity index (χ0n) is 14.5. The summed E-state index contributed by atoms with van der Waals surface area (Å²) in [6.07, 6.45) is -0.646. The van der Waals surface area contributed by atoms with Crippen molar-refractivity contribution in [3.8, 4) is 0 Å². The molecule has 0 radical (unpaired) electrons. The van der Waals surface area contributed by atoms with Gasteiger partial charge in [-0.1, -0.05) is 11.6 Å². The number of amides is 4. The zero-order valence-corrected chi connectivity index (χ0v) is 15.2. The van der Waals surface area contributed by atoms with Gasteiger partial charge in [-0.15, -0.1) is 0 Å². The summed E-state index contributed by atoms with van der Waals surface area (Å²) in [5, 5.41) is 18.3. The molecular formula is C17H21ClN4O4. The van der Waals surface area contributed by atoms with Crippen LogP contribution in [0.25, 0.3) is 0 Å². The number of nitrogens with one attached hydrogen (secondary N) is 3. The molecule has 2 aliphatic heterocycles. The first-order valence-corrected chi connectivity index (χ1v) is 8.76. The van der Waals surface area contributed by atoms with E-state index in [-0.39, 0.29) is 24.4 Å². The van der Waals surface area contributed by atoms with Gasteiger partial charge in [-0.25, -0.2) is 4.79 Å². The predicted octanol–water partition coefficient (Wildman–Crippen LogP) is 0.619. The van der Waals surface area contributed by atoms with Crippen molar-refractivity contribution in [2.45, 2.75) is 44.5 Å². The second-order valence-electron chi connectivity index (χ2n) is 6.72. The van der Waals surface area contributed by atoms with Crippen LogP contribution >= 0.6 is 11.6 Å². The molecule has 0 bridgehead atoms. The van der Waals surface area contributed by atoms with Crippen molar-refractivity contribution < 1.29 is 19.5 Å². The Hall–Kier alpha value is -2.32. The van der Waals surface area contributed by atoms with E-state index in [9.17, 15) is 19.5 Å². The maximum absolute atomic E-state index is 12.4. The smallest absolute Gasteiger partial charge is 0.319 e. The van der Waals surface area contributed by atoms with Gasteiger partial charge in [-0.3, -0.25) is 9.59 Å². The number of benzene rings is 1. The Morgan fingerprint density at radius 1 is 1.42 bits per heavy atom. The van der Waals surface area contributed by atoms with E-state index in [0.717, 1.165) is 5.56 Å². The molecular weight excluding hydrogens is 360 g/mol. The largest absolute Gasteiger partial charge is 0.391 e. The molecule has 0 spiro atoms. The van der Waals surface area contributed by atoms with Crippen LogP contribution < -0.4 is 16.0 Å². The molecule has 0 aliphatic carbocycles. The normalized spacial score (nSPS) is 26.2. The number of rotatable bonds is 3. The van der Waals surface area contributed by atoms with Crippen LogP contribution in [0, 0.1) is 6.92 Å². The Bertz CT molecular complexity index is 754. The van der Waals surface area contributed by atoms with Gasteiger partial charge in [0.25, 0.3) is 0 Å². The highest BCUT2D eigenvalue weighted by Gasteiger charge is 2.47. The number of anilines is 1. The topological polar surface area (TPSA) is 111 Å². The maximum atomic E-state index is 12.4. The first-order valence-electron chi connectivity index (χ1n) is 8.39. The van der Waals surface area contributed by atoms with Gasteiger partial charge in [0, 0.05) is 17.3 Å². The average Bonchev–Trinajstić information content (AvgIpc) is 2.98. The second kappa shape index (κ2) is 7.13. The van der Waals surface area contributed by atoms with E-state index in [0.29, 0.717) is 17.1 Å². The summed E-state index contributed by atoms with van der Waals surface area (Å²) in [7, 11) is 0. The molecule has 0 unspecified atom stereocenters. The number of fused-ring (bicyclic) bond motifs is 1. The Labute approximate surface area is 155 Å². The molecule has 140 valence electrons. The lowest BCUT2D eigenvalue weighted by Crippen LogP contribution is -2.64. The van der Waals surface area contributed by atoms with E-state index < -0.39 is 24.2 Å². The molecule has 2 heterocycles. The quantitative estimate of drug-likeness (QED) is 0.616. The molecule has 3 rings (SSSR count). The van der Waals surface area contributed by atoms with Gasteiger partial charge in [0.15, 0.2) is 0 Å². The van der Waals surface area contributed by atoms with Crippen molar-refractivity contribution >= 4 is 35.1 Å². The summed E-state index contributed by atoms with van der Waals surface area (Å²) < 4.78 is 0. The SMILES string of the molecule is Cc1cc(Cl)ccc1NC(=O)N[C@H]1C[C@H]2C(=O)N[C@H]([C@H](C)O)C(=O)N2C1. The third kappa shape index (κ3) is 3.61. The summed E-state index contributed by atoms with van der Waals surface area (Å²) in [6, 6.07) is 2.79. The van der Waals surface area contributed by atoms with Crippen LogP contribution in [0.1, 0.15) is 18.9 Å². The molecule has 2 fully saturated rings. The predicted molar refractivity (Wildman–Crippen MR) is 95.9 cm³/mol. The molecule has 9 heteroatoms. The lowest BCUT2D eigenvalue weighted by atomic mass is 10.0. The van der Waals surface area contributed by atoms with E-state index >= 15 is 0 Å². The summed E-state index contributed by atoms with van der Waals surface area (Å²) in [5.74, 6) is -0.642. The van der Waals surface area contributed by atoms with Gasteiger partial charge < -0.3 is 26.0 Å². The van der Waals surface area contributed by atoms with Crippen LogP contribution in [-0.2, 0) is 9.59 Å². The number of aliphatic hydroxyl groups excluding tert-OH is 1. The Balaban J connectivity index is 1.63. The second-order valence-corrected chi connectivity index (χ2v) is 7.16. The van der Waals surface area contributed by atoms with Crippen LogP contribution in [0.2, 0.25) is 5.02 Å². The maximum Gasteiger partial charge on any atom is 0.319 e. The molecule has 1 aromatic rings. The van der Waals surface area contributed by atoms with Crippen molar-refractivity contribution in [3.63, 3.8) is 0 Å². The van der Waals surface area contributed by atoms with E-state index in [2.05, 4.69) is 16.0 Å². The van der Waals surface area contributed by atoms with E-state index in [4.69, 9.17) is 11.6 Å². The highest BCUT2D eigenvalue weighted by Crippen LogP contribution is 2.24. The van der Waals surface area contributed by atoms with E-state index in [1.165, 1.54) is 11.8 Å². The third-order valence-corrected chi connectivity index (χ3v) is 4.94. The fourth-order valence-electron chi connectivity index (χ4n) is 3.36. The van der Waals surface area contributed by atoms with Crippen molar-refractivity contribution in [2.75, 3.05) is 11.9 Å². The Morgan fingerprint density at radius 2 is 2.15 bits per heavy atom. The van der Waals surface area contributed by atoms with Gasteiger partial charge in [0.2, 0.25) is 11.8 Å². The molecule has 8 nitrogen and oxygen atoms in total. The first kappa shape index (κ1) is 18.5. The van der Waals surface area contributed by atoms with Crippen LogP contribution in [0.15, 0.2) is 18.2 Å². The number of hydrogen-bond donors (Lipinski definition) is 4. The number of aryl methyl sites for hydroxylation is 1. The highest BCUT2D eigenvalue weighted by molar-refractivity contribution is 6.30. The van der Waals surface area contributed by atoms with Crippen LogP contribution in [0.3, 0.4) is 0 Å². The van der Waals surface area contributed by atoms with Crippen LogP contribution in [0.5, 0.6) is 0 Å². The van der Waals surface area contributed by atoms with E-state index in [1.54, 1.807) is 18.2 Å². The lowest BCUT2D eigenvalue weighted by Gasteiger charge is -2.35. The number of carbonyl (C=O) groups excluding carboxylic acids is 3. The number of urea groups is 1. The number of aliphatic hydroxyl groups is 1. The fraction of sp³-hybridized carbons (Fsp3) is 0.471. The molecule has 0 saturated carbocycles. The molecule has 2 saturated heterocycles. The standard InChI is InChI=1S/C17H21ClN4O4/c1-8-5-10(18)3-4-12(8)20-17(26)19-11-6-13-15(24)21-14(9(2)23)16(25)22(13)7-11/h3-5,9,11,13-14,23H,6-7H2,1-2H3,(H,21,24)(H2,19,20,26)/t9-,11-,13-,14+/m0/s1. The van der Waals surface area contributed by atoms with Crippen molar-refractivity contribution in [1.82, 2.24) is 15.5 Å². The van der Waals surface area contributed by atoms with Crippen molar-refractivity contribution in [2.24, 2.45) is 0 Å². The van der Waals surface area contributed by atoms with E-state index in [1.807, 2.05) is 6.92 Å². The number of piperazine rings is 1. The minimum Gasteiger partial charge on any atom is -0.391 e. The number of hydrogen-bond acceptors (Lipinski definition) is 4. The summed E-state index contributed by atoms with van der Waals surface area (Å²) >= 11 is 5.90. The fourth-order valence-corrected chi connectivity index (χ4v) is 3.59. The Morgan fingerprint density at radius 3 is 2.81 bits per heavy atom.